The van der Waals surface area contributed by atoms with Gasteiger partial charge in [-0.2, -0.15) is 0 Å². The second kappa shape index (κ2) is 5.72. The van der Waals surface area contributed by atoms with Gasteiger partial charge in [0.05, 0.1) is 0 Å². The summed E-state index contributed by atoms with van der Waals surface area (Å²) in [5, 5.41) is 0. The van der Waals surface area contributed by atoms with Gasteiger partial charge in [0.15, 0.2) is 0 Å². The van der Waals surface area contributed by atoms with Gasteiger partial charge in [0.1, 0.15) is 0 Å². The summed E-state index contributed by atoms with van der Waals surface area (Å²) in [6.45, 7) is 0. The van der Waals surface area contributed by atoms with Crippen molar-refractivity contribution in [3.05, 3.63) is 59.7 Å². The largest absolute Gasteiger partial charge is 0.345 e. The first kappa shape index (κ1) is 13.9. The van der Waals surface area contributed by atoms with Crippen molar-refractivity contribution in [1.82, 2.24) is 4.90 Å². The van der Waals surface area contributed by atoms with Gasteiger partial charge in [-0.1, -0.05) is 42.8 Å². The number of hydrogen-bond donors (Lipinski definition) is 0. The smallest absolute Gasteiger partial charge is 0.253 e. The van der Waals surface area contributed by atoms with E-state index >= 15 is 0 Å². The van der Waals surface area contributed by atoms with Crippen LogP contribution in [-0.4, -0.2) is 24.9 Å². The third-order valence-corrected chi connectivity index (χ3v) is 4.33. The lowest BCUT2D eigenvalue weighted by molar-refractivity contribution is 0.0827. The number of rotatable bonds is 3. The van der Waals surface area contributed by atoms with E-state index in [-0.39, 0.29) is 5.91 Å². The Morgan fingerprint density at radius 1 is 1.05 bits per heavy atom. The number of hydrogen-bond acceptors (Lipinski definition) is 1. The maximum absolute atomic E-state index is 12.1. The predicted molar refractivity (Wildman–Crippen MR) is 86.5 cm³/mol. The molecule has 1 saturated carbocycles. The zero-order chi connectivity index (χ0) is 14.8. The summed E-state index contributed by atoms with van der Waals surface area (Å²) < 4.78 is 0. The lowest BCUT2D eigenvalue weighted by atomic mass is 9.77. The molecule has 1 fully saturated rings. The highest BCUT2D eigenvalue weighted by Gasteiger charge is 2.22. The average Bonchev–Trinajstić information content (AvgIpc) is 2.45. The highest BCUT2D eigenvalue weighted by Crippen LogP contribution is 2.41. The van der Waals surface area contributed by atoms with Crippen LogP contribution < -0.4 is 0 Å². The van der Waals surface area contributed by atoms with Crippen LogP contribution in [0.5, 0.6) is 0 Å². The molecule has 0 aromatic heterocycles. The Balaban J connectivity index is 2.01. The molecule has 0 saturated heterocycles. The summed E-state index contributed by atoms with van der Waals surface area (Å²) in [6, 6.07) is 16.6. The van der Waals surface area contributed by atoms with Crippen molar-refractivity contribution in [2.24, 2.45) is 0 Å². The summed E-state index contributed by atoms with van der Waals surface area (Å²) in [5.74, 6) is 0.743. The molecule has 0 N–H and O–H groups in total. The van der Waals surface area contributed by atoms with Crippen LogP contribution in [0.15, 0.2) is 48.5 Å². The highest BCUT2D eigenvalue weighted by molar-refractivity contribution is 5.95. The maximum Gasteiger partial charge on any atom is 0.253 e. The van der Waals surface area contributed by atoms with Crippen molar-refractivity contribution in [2.75, 3.05) is 14.1 Å². The quantitative estimate of drug-likeness (QED) is 0.819. The van der Waals surface area contributed by atoms with E-state index in [1.54, 1.807) is 19.0 Å². The minimum Gasteiger partial charge on any atom is -0.345 e. The van der Waals surface area contributed by atoms with Crippen LogP contribution in [0.2, 0.25) is 0 Å². The first-order valence-corrected chi connectivity index (χ1v) is 7.58. The van der Waals surface area contributed by atoms with Crippen molar-refractivity contribution in [2.45, 2.75) is 25.2 Å². The Kier molecular flexibility index (Phi) is 3.78. The Bertz CT molecular complexity index is 656. The van der Waals surface area contributed by atoms with E-state index in [0.717, 1.165) is 11.1 Å². The van der Waals surface area contributed by atoms with E-state index < -0.39 is 0 Å². The van der Waals surface area contributed by atoms with Gasteiger partial charge in [0, 0.05) is 19.7 Å². The monoisotopic (exact) mass is 279 g/mol. The second-order valence-corrected chi connectivity index (χ2v) is 6.00. The fourth-order valence-corrected chi connectivity index (χ4v) is 2.91. The van der Waals surface area contributed by atoms with Gasteiger partial charge >= 0.3 is 0 Å². The van der Waals surface area contributed by atoms with E-state index in [1.165, 1.54) is 30.4 Å². The Morgan fingerprint density at radius 2 is 1.81 bits per heavy atom. The summed E-state index contributed by atoms with van der Waals surface area (Å²) in [6.07, 6.45) is 3.90. The molecule has 1 amide bonds. The fraction of sp³-hybridized carbons (Fsp3) is 0.316. The molecular formula is C19H21NO. The van der Waals surface area contributed by atoms with E-state index in [4.69, 9.17) is 0 Å². The summed E-state index contributed by atoms with van der Waals surface area (Å²) in [4.78, 5) is 13.8. The molecule has 1 aliphatic carbocycles. The molecule has 0 aliphatic heterocycles. The Labute approximate surface area is 126 Å². The number of amides is 1. The lowest BCUT2D eigenvalue weighted by Gasteiger charge is -2.28. The minimum atomic E-state index is 0.0537. The van der Waals surface area contributed by atoms with Gasteiger partial charge in [0.25, 0.3) is 5.91 Å². The summed E-state index contributed by atoms with van der Waals surface area (Å²) in [5.41, 5.74) is 4.60. The predicted octanol–water partition coefficient (Wildman–Crippen LogP) is 4.32. The molecule has 2 heteroatoms. The maximum atomic E-state index is 12.1. The molecule has 2 nitrogen and oxygen atoms in total. The van der Waals surface area contributed by atoms with Gasteiger partial charge in [-0.05, 0) is 47.6 Å². The zero-order valence-corrected chi connectivity index (χ0v) is 12.7. The molecular weight excluding hydrogens is 258 g/mol. The molecule has 0 atom stereocenters. The van der Waals surface area contributed by atoms with E-state index in [2.05, 4.69) is 30.3 Å². The third kappa shape index (κ3) is 2.71. The summed E-state index contributed by atoms with van der Waals surface area (Å²) >= 11 is 0. The first-order valence-electron chi connectivity index (χ1n) is 7.58. The highest BCUT2D eigenvalue weighted by atomic mass is 16.2. The summed E-state index contributed by atoms with van der Waals surface area (Å²) in [7, 11) is 3.58. The van der Waals surface area contributed by atoms with Crippen LogP contribution >= 0.6 is 0 Å². The van der Waals surface area contributed by atoms with Gasteiger partial charge in [-0.15, -0.1) is 0 Å². The van der Waals surface area contributed by atoms with Gasteiger partial charge in [0.2, 0.25) is 0 Å². The molecule has 21 heavy (non-hydrogen) atoms. The van der Waals surface area contributed by atoms with Crippen LogP contribution in [0.1, 0.15) is 41.1 Å². The molecule has 0 heterocycles. The molecule has 0 spiro atoms. The number of benzene rings is 2. The average molecular weight is 279 g/mol. The van der Waals surface area contributed by atoms with Crippen molar-refractivity contribution in [3.8, 4) is 11.1 Å². The van der Waals surface area contributed by atoms with Crippen molar-refractivity contribution >= 4 is 5.91 Å². The van der Waals surface area contributed by atoms with Crippen LogP contribution in [0.4, 0.5) is 0 Å². The zero-order valence-electron chi connectivity index (χ0n) is 12.7. The molecule has 0 radical (unpaired) electrons. The normalized spacial score (nSPS) is 14.6. The van der Waals surface area contributed by atoms with Gasteiger partial charge in [-0.3, -0.25) is 4.79 Å². The minimum absolute atomic E-state index is 0.0537. The SMILES string of the molecule is CN(C)C(=O)c1cccc(-c2ccccc2C2CCC2)c1. The van der Waals surface area contributed by atoms with Crippen molar-refractivity contribution in [1.29, 1.82) is 0 Å². The Hall–Kier alpha value is -2.09. The van der Waals surface area contributed by atoms with Gasteiger partial charge in [-0.25, -0.2) is 0 Å². The third-order valence-electron chi connectivity index (χ3n) is 4.33. The van der Waals surface area contributed by atoms with Crippen molar-refractivity contribution in [3.63, 3.8) is 0 Å². The lowest BCUT2D eigenvalue weighted by Crippen LogP contribution is -2.21. The van der Waals surface area contributed by atoms with Crippen LogP contribution in [0, 0.1) is 0 Å². The second-order valence-electron chi connectivity index (χ2n) is 6.00. The van der Waals surface area contributed by atoms with Crippen LogP contribution in [-0.2, 0) is 0 Å². The molecule has 0 bridgehead atoms. The van der Waals surface area contributed by atoms with Gasteiger partial charge < -0.3 is 4.90 Å². The molecule has 0 unspecified atom stereocenters. The molecule has 1 aliphatic rings. The fourth-order valence-electron chi connectivity index (χ4n) is 2.91. The Morgan fingerprint density at radius 3 is 2.48 bits per heavy atom. The molecule has 3 rings (SSSR count). The number of nitrogens with zero attached hydrogens (tertiary/aromatic N) is 1. The topological polar surface area (TPSA) is 20.3 Å². The standard InChI is InChI=1S/C19H21NO/c1-20(2)19(21)16-10-6-9-15(13-16)18-12-4-3-11-17(18)14-7-5-8-14/h3-4,6,9-14H,5,7-8H2,1-2H3. The van der Waals surface area contributed by atoms with Crippen molar-refractivity contribution < 1.29 is 4.79 Å². The number of carbonyl (C=O) groups is 1. The first-order chi connectivity index (χ1) is 10.2. The molecule has 2 aromatic carbocycles. The van der Waals surface area contributed by atoms with E-state index in [0.29, 0.717) is 5.92 Å². The molecule has 108 valence electrons. The number of carbonyl (C=O) groups excluding carboxylic acids is 1. The van der Waals surface area contributed by atoms with Crippen LogP contribution in [0.3, 0.4) is 0 Å². The van der Waals surface area contributed by atoms with Crippen LogP contribution in [0.25, 0.3) is 11.1 Å². The molecule has 2 aromatic rings. The van der Waals surface area contributed by atoms with E-state index in [1.807, 2.05) is 18.2 Å². The van der Waals surface area contributed by atoms with E-state index in [9.17, 15) is 4.79 Å².